The molecule has 0 heterocycles. The predicted octanol–water partition coefficient (Wildman–Crippen LogP) is 2.12. The Balaban J connectivity index is 2.25. The third-order valence-electron chi connectivity index (χ3n) is 3.93. The van der Waals surface area contributed by atoms with Gasteiger partial charge in [0.05, 0.1) is 25.6 Å². The minimum absolute atomic E-state index is 0.118. The molecule has 0 bridgehead atoms. The minimum Gasteiger partial charge on any atom is -0.495 e. The van der Waals surface area contributed by atoms with Gasteiger partial charge in [0.15, 0.2) is 0 Å². The van der Waals surface area contributed by atoms with Crippen molar-refractivity contribution >= 4 is 27.5 Å². The molecule has 0 radical (unpaired) electrons. The highest BCUT2D eigenvalue weighted by molar-refractivity contribution is 7.92. The van der Waals surface area contributed by atoms with Crippen LogP contribution in [-0.2, 0) is 21.4 Å². The number of benzene rings is 2. The maximum atomic E-state index is 14.5. The number of nitrogens with zero attached hydrogens (tertiary/aromatic N) is 1. The van der Waals surface area contributed by atoms with Crippen LogP contribution < -0.4 is 19.9 Å². The van der Waals surface area contributed by atoms with Gasteiger partial charge in [0.25, 0.3) is 5.91 Å². The summed E-state index contributed by atoms with van der Waals surface area (Å²) in [5.41, 5.74) is 2.31. The van der Waals surface area contributed by atoms with Crippen molar-refractivity contribution < 1.29 is 40.3 Å². The number of sulfonamides is 1. The average molecular weight is 463 g/mol. The monoisotopic (exact) mass is 463 g/mol. The smallest absolute Gasteiger partial charge is 0.472 e. The van der Waals surface area contributed by atoms with E-state index in [1.165, 1.54) is 24.7 Å². The molecule has 2 N–H and O–H groups in total. The average Bonchev–Trinajstić information content (AvgIpc) is 2.69. The number of para-hydroxylation sites is 2. The Labute approximate surface area is 174 Å². The lowest BCUT2D eigenvalue weighted by atomic mass is 10.1. The van der Waals surface area contributed by atoms with Crippen molar-refractivity contribution in [1.29, 1.82) is 0 Å². The molecule has 2 rings (SSSR count). The number of carbonyl (C=O) groups is 2. The standard InChI is InChI=1S/C18H17F4N3O5S/c1-30-15-6-4-3-5-14(15)25(31(2,28)29)10-12-8-7-11(9-13(12)19)16(26)23-24-17(27)18(20,21)22/h3-9H,10H2,1-2H3,(H,23,26)(H,24,27). The second kappa shape index (κ2) is 9.20. The number of halogens is 4. The van der Waals surface area contributed by atoms with Gasteiger partial charge in [0.1, 0.15) is 11.6 Å². The largest absolute Gasteiger partial charge is 0.495 e. The Morgan fingerprint density at radius 1 is 1.10 bits per heavy atom. The van der Waals surface area contributed by atoms with Gasteiger partial charge in [-0.25, -0.2) is 12.8 Å². The summed E-state index contributed by atoms with van der Waals surface area (Å²) in [6.45, 7) is -0.447. The number of nitrogens with one attached hydrogen (secondary N) is 2. The number of hydrogen-bond acceptors (Lipinski definition) is 5. The maximum absolute atomic E-state index is 14.5. The highest BCUT2D eigenvalue weighted by Crippen LogP contribution is 2.31. The zero-order chi connectivity index (χ0) is 23.4. The Morgan fingerprint density at radius 2 is 1.74 bits per heavy atom. The van der Waals surface area contributed by atoms with E-state index in [0.29, 0.717) is 6.07 Å². The molecule has 13 heteroatoms. The normalized spacial score (nSPS) is 11.5. The van der Waals surface area contributed by atoms with Crippen LogP contribution in [0, 0.1) is 5.82 Å². The minimum atomic E-state index is -5.21. The first-order valence-electron chi connectivity index (χ1n) is 8.41. The SMILES string of the molecule is COc1ccccc1N(Cc1ccc(C(=O)NNC(=O)C(F)(F)F)cc1F)S(C)(=O)=O. The summed E-state index contributed by atoms with van der Waals surface area (Å²) in [5.74, 6) is -4.37. The van der Waals surface area contributed by atoms with Crippen LogP contribution in [0.15, 0.2) is 42.5 Å². The van der Waals surface area contributed by atoms with E-state index >= 15 is 0 Å². The molecule has 2 aromatic rings. The first kappa shape index (κ1) is 23.9. The molecule has 0 spiro atoms. The van der Waals surface area contributed by atoms with E-state index < -0.39 is 45.9 Å². The van der Waals surface area contributed by atoms with Gasteiger partial charge >= 0.3 is 12.1 Å². The first-order chi connectivity index (χ1) is 14.3. The molecule has 31 heavy (non-hydrogen) atoms. The Kier molecular flexibility index (Phi) is 7.10. The molecule has 2 aromatic carbocycles. The summed E-state index contributed by atoms with van der Waals surface area (Å²) in [6, 6.07) is 9.03. The fourth-order valence-electron chi connectivity index (χ4n) is 2.44. The molecule has 8 nitrogen and oxygen atoms in total. The number of hydrazine groups is 1. The fraction of sp³-hybridized carbons (Fsp3) is 0.222. The van der Waals surface area contributed by atoms with Gasteiger partial charge < -0.3 is 4.74 Å². The number of anilines is 1. The van der Waals surface area contributed by atoms with Crippen LogP contribution >= 0.6 is 0 Å². The first-order valence-corrected chi connectivity index (χ1v) is 10.3. The van der Waals surface area contributed by atoms with E-state index in [1.54, 1.807) is 12.1 Å². The zero-order valence-electron chi connectivity index (χ0n) is 16.2. The van der Waals surface area contributed by atoms with Crippen LogP contribution in [-0.4, -0.2) is 39.8 Å². The molecular weight excluding hydrogens is 446 g/mol. The molecule has 0 fully saturated rings. The van der Waals surface area contributed by atoms with Crippen molar-refractivity contribution in [2.75, 3.05) is 17.7 Å². The number of carbonyl (C=O) groups excluding carboxylic acids is 2. The maximum Gasteiger partial charge on any atom is 0.472 e. The molecule has 0 saturated heterocycles. The summed E-state index contributed by atoms with van der Waals surface area (Å²) < 4.78 is 81.6. The lowest BCUT2D eigenvalue weighted by molar-refractivity contribution is -0.174. The number of methoxy groups -OCH3 is 1. The van der Waals surface area contributed by atoms with Crippen molar-refractivity contribution in [2.45, 2.75) is 12.7 Å². The molecule has 0 atom stereocenters. The van der Waals surface area contributed by atoms with Crippen molar-refractivity contribution in [3.05, 3.63) is 59.4 Å². The Bertz CT molecular complexity index is 1090. The third-order valence-corrected chi connectivity index (χ3v) is 5.06. The van der Waals surface area contributed by atoms with E-state index in [4.69, 9.17) is 4.74 Å². The number of alkyl halides is 3. The molecule has 0 unspecified atom stereocenters. The number of rotatable bonds is 6. The molecule has 0 aliphatic rings. The fourth-order valence-corrected chi connectivity index (χ4v) is 3.33. The second-order valence-corrected chi connectivity index (χ2v) is 8.06. The molecule has 168 valence electrons. The van der Waals surface area contributed by atoms with Crippen LogP contribution in [0.25, 0.3) is 0 Å². The summed E-state index contributed by atoms with van der Waals surface area (Å²) in [7, 11) is -2.53. The van der Waals surface area contributed by atoms with Crippen LogP contribution in [0.4, 0.5) is 23.2 Å². The van der Waals surface area contributed by atoms with Gasteiger partial charge in [-0.3, -0.25) is 24.7 Å². The number of amides is 2. The quantitative estimate of drug-likeness (QED) is 0.505. The molecule has 0 aliphatic carbocycles. The summed E-state index contributed by atoms with van der Waals surface area (Å²) in [5, 5.41) is 0. The van der Waals surface area contributed by atoms with Crippen molar-refractivity contribution in [3.8, 4) is 5.75 Å². The van der Waals surface area contributed by atoms with Crippen LogP contribution in [0.2, 0.25) is 0 Å². The van der Waals surface area contributed by atoms with E-state index in [9.17, 15) is 35.6 Å². The van der Waals surface area contributed by atoms with Crippen molar-refractivity contribution in [1.82, 2.24) is 10.9 Å². The van der Waals surface area contributed by atoms with E-state index in [-0.39, 0.29) is 17.0 Å². The zero-order valence-corrected chi connectivity index (χ0v) is 17.0. The third kappa shape index (κ3) is 6.07. The Hall–Kier alpha value is -3.35. The van der Waals surface area contributed by atoms with Gasteiger partial charge in [-0.1, -0.05) is 18.2 Å². The summed E-state index contributed by atoms with van der Waals surface area (Å²) >= 11 is 0. The summed E-state index contributed by atoms with van der Waals surface area (Å²) in [6.07, 6.45) is -4.29. The molecule has 2 amide bonds. The van der Waals surface area contributed by atoms with Crippen LogP contribution in [0.3, 0.4) is 0 Å². The van der Waals surface area contributed by atoms with E-state index in [2.05, 4.69) is 0 Å². The van der Waals surface area contributed by atoms with Gasteiger partial charge in [-0.05, 0) is 24.3 Å². The molecule has 0 aromatic heterocycles. The van der Waals surface area contributed by atoms with Gasteiger partial charge in [0, 0.05) is 11.1 Å². The number of ether oxygens (including phenoxy) is 1. The van der Waals surface area contributed by atoms with Crippen LogP contribution in [0.1, 0.15) is 15.9 Å². The van der Waals surface area contributed by atoms with Crippen molar-refractivity contribution in [2.24, 2.45) is 0 Å². The highest BCUT2D eigenvalue weighted by Gasteiger charge is 2.39. The lowest BCUT2D eigenvalue weighted by Crippen LogP contribution is -2.47. The highest BCUT2D eigenvalue weighted by atomic mass is 32.2. The van der Waals surface area contributed by atoms with Crippen molar-refractivity contribution in [3.63, 3.8) is 0 Å². The van der Waals surface area contributed by atoms with Gasteiger partial charge in [0.2, 0.25) is 10.0 Å². The van der Waals surface area contributed by atoms with E-state index in [0.717, 1.165) is 28.1 Å². The predicted molar refractivity (Wildman–Crippen MR) is 102 cm³/mol. The molecule has 0 saturated carbocycles. The second-order valence-electron chi connectivity index (χ2n) is 6.15. The lowest BCUT2D eigenvalue weighted by Gasteiger charge is -2.24. The van der Waals surface area contributed by atoms with E-state index in [1.807, 2.05) is 0 Å². The molecule has 0 aliphatic heterocycles. The topological polar surface area (TPSA) is 105 Å². The molecular formula is C18H17F4N3O5S. The van der Waals surface area contributed by atoms with Gasteiger partial charge in [-0.2, -0.15) is 13.2 Å². The summed E-state index contributed by atoms with van der Waals surface area (Å²) in [4.78, 5) is 22.6. The Morgan fingerprint density at radius 3 is 2.29 bits per heavy atom. The van der Waals surface area contributed by atoms with Gasteiger partial charge in [-0.15, -0.1) is 0 Å². The number of hydrogen-bond donors (Lipinski definition) is 2. The van der Waals surface area contributed by atoms with Crippen LogP contribution in [0.5, 0.6) is 5.75 Å².